The van der Waals surface area contributed by atoms with Crippen LogP contribution in [-0.2, 0) is 14.3 Å². The molecule has 7 nitrogen and oxygen atoms in total. The number of aromatic nitrogens is 2. The quantitative estimate of drug-likeness (QED) is 0.707. The number of hydrogen-bond donors (Lipinski definition) is 1. The molecule has 0 saturated carbocycles. The summed E-state index contributed by atoms with van der Waals surface area (Å²) in [7, 11) is 0. The van der Waals surface area contributed by atoms with Crippen LogP contribution in [0.15, 0.2) is 48.5 Å². The van der Waals surface area contributed by atoms with Gasteiger partial charge in [-0.3, -0.25) is 19.1 Å². The molecule has 0 aliphatic carbocycles. The lowest BCUT2D eigenvalue weighted by Crippen LogP contribution is -2.37. The van der Waals surface area contributed by atoms with Crippen LogP contribution in [0, 0.1) is 6.92 Å². The molecule has 2 aliphatic rings. The zero-order chi connectivity index (χ0) is 20.7. The van der Waals surface area contributed by atoms with Gasteiger partial charge in [-0.05, 0) is 44.0 Å². The van der Waals surface area contributed by atoms with E-state index < -0.39 is 6.04 Å². The summed E-state index contributed by atoms with van der Waals surface area (Å²) in [5, 5.41) is 2.91. The van der Waals surface area contributed by atoms with Crippen LogP contribution in [0.2, 0.25) is 0 Å². The highest BCUT2D eigenvalue weighted by atomic mass is 16.5. The zero-order valence-corrected chi connectivity index (χ0v) is 16.9. The van der Waals surface area contributed by atoms with E-state index in [1.54, 1.807) is 4.90 Å². The largest absolute Gasteiger partial charge is 0.376 e. The van der Waals surface area contributed by atoms with Crippen LogP contribution >= 0.6 is 0 Å². The van der Waals surface area contributed by atoms with E-state index >= 15 is 0 Å². The number of anilines is 2. The SMILES string of the molecule is Cc1ccc(NC(=O)C[C@@H]2C(=O)N(C[C@H]3CCCO3)c3nc4ccccc4n32)cc1. The molecule has 2 aromatic carbocycles. The van der Waals surface area contributed by atoms with Crippen molar-refractivity contribution < 1.29 is 14.3 Å². The Kier molecular flexibility index (Phi) is 4.75. The molecule has 3 aromatic rings. The summed E-state index contributed by atoms with van der Waals surface area (Å²) < 4.78 is 7.65. The predicted octanol–water partition coefficient (Wildman–Crippen LogP) is 3.44. The lowest BCUT2D eigenvalue weighted by atomic mass is 10.1. The highest BCUT2D eigenvalue weighted by molar-refractivity contribution is 6.05. The van der Waals surface area contributed by atoms with Gasteiger partial charge in [-0.2, -0.15) is 0 Å². The van der Waals surface area contributed by atoms with Crippen molar-refractivity contribution in [2.45, 2.75) is 38.3 Å². The van der Waals surface area contributed by atoms with E-state index in [0.717, 1.165) is 41.7 Å². The molecule has 0 radical (unpaired) electrons. The molecular weight excluding hydrogens is 380 g/mol. The van der Waals surface area contributed by atoms with Gasteiger partial charge in [-0.1, -0.05) is 29.8 Å². The fourth-order valence-electron chi connectivity index (χ4n) is 4.29. The average Bonchev–Trinajstić information content (AvgIpc) is 3.44. The van der Waals surface area contributed by atoms with Crippen molar-refractivity contribution in [1.82, 2.24) is 9.55 Å². The minimum atomic E-state index is -0.612. The maximum absolute atomic E-state index is 13.3. The van der Waals surface area contributed by atoms with Crippen molar-refractivity contribution in [2.24, 2.45) is 0 Å². The Bertz CT molecular complexity index is 1100. The van der Waals surface area contributed by atoms with Crippen molar-refractivity contribution in [3.63, 3.8) is 0 Å². The summed E-state index contributed by atoms with van der Waals surface area (Å²) in [6, 6.07) is 14.7. The number of fused-ring (bicyclic) bond motifs is 3. The van der Waals surface area contributed by atoms with E-state index in [9.17, 15) is 9.59 Å². The highest BCUT2D eigenvalue weighted by Gasteiger charge is 2.42. The zero-order valence-electron chi connectivity index (χ0n) is 16.9. The second-order valence-corrected chi connectivity index (χ2v) is 7.99. The smallest absolute Gasteiger partial charge is 0.253 e. The molecule has 1 N–H and O–H groups in total. The second kappa shape index (κ2) is 7.57. The number of nitrogens with zero attached hydrogens (tertiary/aromatic N) is 3. The summed E-state index contributed by atoms with van der Waals surface area (Å²) in [6.45, 7) is 3.20. The van der Waals surface area contributed by atoms with Gasteiger partial charge in [0.2, 0.25) is 11.9 Å². The average molecular weight is 404 g/mol. The molecule has 1 saturated heterocycles. The molecule has 0 unspecified atom stereocenters. The van der Waals surface area contributed by atoms with Crippen LogP contribution in [0.3, 0.4) is 0 Å². The van der Waals surface area contributed by atoms with E-state index in [0.29, 0.717) is 12.5 Å². The molecule has 5 rings (SSSR count). The Labute approximate surface area is 174 Å². The number of benzene rings is 2. The lowest BCUT2D eigenvalue weighted by Gasteiger charge is -2.19. The Morgan fingerprint density at radius 1 is 1.20 bits per heavy atom. The molecule has 7 heteroatoms. The monoisotopic (exact) mass is 404 g/mol. The van der Waals surface area contributed by atoms with Crippen molar-refractivity contribution in [3.8, 4) is 0 Å². The third kappa shape index (κ3) is 3.35. The third-order valence-electron chi connectivity index (χ3n) is 5.81. The van der Waals surface area contributed by atoms with E-state index in [4.69, 9.17) is 9.72 Å². The van der Waals surface area contributed by atoms with Crippen LogP contribution in [0.4, 0.5) is 11.6 Å². The van der Waals surface area contributed by atoms with Gasteiger partial charge < -0.3 is 10.1 Å². The molecular formula is C23H24N4O3. The first-order valence-electron chi connectivity index (χ1n) is 10.4. The number of hydrogen-bond acceptors (Lipinski definition) is 4. The standard InChI is InChI=1S/C23H24N4O3/c1-15-8-10-16(11-9-15)24-21(28)13-20-22(29)26(14-17-5-4-12-30-17)23-25-18-6-2-3-7-19(18)27(20)23/h2-3,6-11,17,20H,4-5,12-14H2,1H3,(H,24,28)/t17-,20-/m1/s1. The predicted molar refractivity (Wildman–Crippen MR) is 115 cm³/mol. The van der Waals surface area contributed by atoms with Gasteiger partial charge in [0.15, 0.2) is 0 Å². The van der Waals surface area contributed by atoms with Crippen LogP contribution < -0.4 is 10.2 Å². The van der Waals surface area contributed by atoms with Crippen LogP contribution in [-0.4, -0.2) is 40.6 Å². The summed E-state index contributed by atoms with van der Waals surface area (Å²) in [6.07, 6.45) is 2.01. The molecule has 3 heterocycles. The minimum Gasteiger partial charge on any atom is -0.376 e. The Morgan fingerprint density at radius 3 is 2.77 bits per heavy atom. The topological polar surface area (TPSA) is 76.5 Å². The normalized spacial score (nSPS) is 20.7. The van der Waals surface area contributed by atoms with Crippen LogP contribution in [0.25, 0.3) is 11.0 Å². The van der Waals surface area contributed by atoms with Gasteiger partial charge in [0.1, 0.15) is 6.04 Å². The van der Waals surface area contributed by atoms with Gasteiger partial charge in [0.05, 0.1) is 30.1 Å². The lowest BCUT2D eigenvalue weighted by molar-refractivity contribution is -0.124. The van der Waals surface area contributed by atoms with Crippen molar-refractivity contribution in [1.29, 1.82) is 0 Å². The fourth-order valence-corrected chi connectivity index (χ4v) is 4.29. The molecule has 1 fully saturated rings. The summed E-state index contributed by atoms with van der Waals surface area (Å²) in [4.78, 5) is 32.5. The maximum Gasteiger partial charge on any atom is 0.253 e. The Balaban J connectivity index is 1.43. The highest BCUT2D eigenvalue weighted by Crippen LogP contribution is 2.37. The number of nitrogens with one attached hydrogen (secondary N) is 1. The van der Waals surface area contributed by atoms with E-state index in [2.05, 4.69) is 5.32 Å². The molecule has 2 atom stereocenters. The number of imidazole rings is 1. The van der Waals surface area contributed by atoms with Crippen molar-refractivity contribution in [3.05, 3.63) is 54.1 Å². The first kappa shape index (κ1) is 18.8. The fraction of sp³-hybridized carbons (Fsp3) is 0.348. The molecule has 1 aromatic heterocycles. The first-order valence-corrected chi connectivity index (χ1v) is 10.4. The van der Waals surface area contributed by atoms with Gasteiger partial charge in [-0.25, -0.2) is 4.98 Å². The first-order chi connectivity index (χ1) is 14.6. The molecule has 2 aliphatic heterocycles. The van der Waals surface area contributed by atoms with Crippen LogP contribution in [0.5, 0.6) is 0 Å². The van der Waals surface area contributed by atoms with E-state index in [-0.39, 0.29) is 24.3 Å². The summed E-state index contributed by atoms with van der Waals surface area (Å²) in [5.41, 5.74) is 3.53. The number of amides is 2. The number of aryl methyl sites for hydroxylation is 1. The third-order valence-corrected chi connectivity index (χ3v) is 5.81. The number of rotatable bonds is 5. The Morgan fingerprint density at radius 2 is 2.00 bits per heavy atom. The van der Waals surface area contributed by atoms with Crippen molar-refractivity contribution >= 4 is 34.5 Å². The molecule has 0 bridgehead atoms. The van der Waals surface area contributed by atoms with Crippen molar-refractivity contribution in [2.75, 3.05) is 23.4 Å². The van der Waals surface area contributed by atoms with Gasteiger partial charge in [0, 0.05) is 12.3 Å². The van der Waals surface area contributed by atoms with E-state index in [1.165, 1.54) is 0 Å². The van der Waals surface area contributed by atoms with Gasteiger partial charge in [-0.15, -0.1) is 0 Å². The minimum absolute atomic E-state index is 0.0161. The number of para-hydroxylation sites is 2. The number of ether oxygens (including phenoxy) is 1. The number of carbonyl (C=O) groups is 2. The van der Waals surface area contributed by atoms with Gasteiger partial charge >= 0.3 is 0 Å². The van der Waals surface area contributed by atoms with E-state index in [1.807, 2.05) is 60.0 Å². The van der Waals surface area contributed by atoms with Crippen LogP contribution in [0.1, 0.15) is 30.9 Å². The molecule has 30 heavy (non-hydrogen) atoms. The van der Waals surface area contributed by atoms with Gasteiger partial charge in [0.25, 0.3) is 5.91 Å². The molecule has 154 valence electrons. The Hall–Kier alpha value is -3.19. The molecule has 2 amide bonds. The summed E-state index contributed by atoms with van der Waals surface area (Å²) >= 11 is 0. The second-order valence-electron chi connectivity index (χ2n) is 7.99. The maximum atomic E-state index is 13.3. The summed E-state index contributed by atoms with van der Waals surface area (Å²) in [5.74, 6) is 0.308. The number of carbonyl (C=O) groups excluding carboxylic acids is 2. The molecule has 0 spiro atoms.